The fraction of sp³-hybridized carbons (Fsp3) is 0.111. The molecule has 3 rings (SSSR count). The normalized spacial score (nSPS) is 10.7. The minimum absolute atomic E-state index is 0.0900. The molecule has 0 atom stereocenters. The van der Waals surface area contributed by atoms with Gasteiger partial charge in [0, 0.05) is 10.4 Å². The second-order valence-electron chi connectivity index (χ2n) is 5.18. The summed E-state index contributed by atoms with van der Waals surface area (Å²) in [5.74, 6) is 0.0305. The first-order chi connectivity index (χ1) is 12.0. The maximum Gasteiger partial charge on any atom is 0.261 e. The molecule has 2 N–H and O–H groups in total. The number of fused-ring (bicyclic) bond motifs is 1. The molecule has 25 heavy (non-hydrogen) atoms. The first-order valence-electron chi connectivity index (χ1n) is 7.50. The van der Waals surface area contributed by atoms with Gasteiger partial charge in [-0.25, -0.2) is 0 Å². The van der Waals surface area contributed by atoms with Crippen molar-refractivity contribution in [3.05, 3.63) is 63.6 Å². The van der Waals surface area contributed by atoms with Gasteiger partial charge in [0.1, 0.15) is 5.56 Å². The maximum absolute atomic E-state index is 12.5. The molecule has 2 aromatic carbocycles. The fourth-order valence-electron chi connectivity index (χ4n) is 2.35. The molecule has 0 bridgehead atoms. The van der Waals surface area contributed by atoms with Crippen molar-refractivity contribution in [1.29, 1.82) is 5.41 Å². The zero-order valence-corrected chi connectivity index (χ0v) is 14.7. The van der Waals surface area contributed by atoms with Crippen LogP contribution in [0.4, 0.5) is 5.69 Å². The van der Waals surface area contributed by atoms with E-state index in [2.05, 4.69) is 5.32 Å². The largest absolute Gasteiger partial charge is 0.490 e. The van der Waals surface area contributed by atoms with E-state index in [1.54, 1.807) is 36.4 Å². The molecule has 0 unspecified atom stereocenters. The van der Waals surface area contributed by atoms with Crippen LogP contribution in [0.1, 0.15) is 17.3 Å². The van der Waals surface area contributed by atoms with Gasteiger partial charge in [0.2, 0.25) is 5.55 Å². The lowest BCUT2D eigenvalue weighted by Gasteiger charge is -2.10. The van der Waals surface area contributed by atoms with Crippen molar-refractivity contribution in [2.24, 2.45) is 0 Å². The van der Waals surface area contributed by atoms with Crippen LogP contribution in [0.2, 0.25) is 10.0 Å². The lowest BCUT2D eigenvalue weighted by atomic mass is 10.1. The third-order valence-electron chi connectivity index (χ3n) is 3.48. The Kier molecular flexibility index (Phi) is 4.97. The molecule has 0 spiro atoms. The highest BCUT2D eigenvalue weighted by Crippen LogP contribution is 2.27. The second-order valence-corrected chi connectivity index (χ2v) is 6.02. The molecule has 0 aliphatic heterocycles. The third kappa shape index (κ3) is 3.62. The van der Waals surface area contributed by atoms with Crippen LogP contribution in [0.15, 0.2) is 46.9 Å². The topological polar surface area (TPSA) is 75.3 Å². The van der Waals surface area contributed by atoms with E-state index in [-0.39, 0.29) is 11.1 Å². The molecule has 0 saturated heterocycles. The Morgan fingerprint density at radius 1 is 1.24 bits per heavy atom. The highest BCUT2D eigenvalue weighted by atomic mass is 35.5. The molecule has 0 aliphatic carbocycles. The van der Waals surface area contributed by atoms with Crippen molar-refractivity contribution in [3.63, 3.8) is 0 Å². The predicted octanol–water partition coefficient (Wildman–Crippen LogP) is 4.87. The second kappa shape index (κ2) is 7.17. The molecule has 0 aliphatic rings. The van der Waals surface area contributed by atoms with Crippen molar-refractivity contribution in [3.8, 4) is 5.75 Å². The summed E-state index contributed by atoms with van der Waals surface area (Å²) in [6.07, 6.45) is 0. The summed E-state index contributed by atoms with van der Waals surface area (Å²) in [5.41, 5.74) is 0.656. The van der Waals surface area contributed by atoms with Gasteiger partial charge in [0.25, 0.3) is 5.91 Å². The average molecular weight is 377 g/mol. The Labute approximate surface area is 153 Å². The van der Waals surface area contributed by atoms with E-state index < -0.39 is 5.91 Å². The zero-order chi connectivity index (χ0) is 18.0. The summed E-state index contributed by atoms with van der Waals surface area (Å²) >= 11 is 11.9. The SMILES string of the molecule is CCOc1cccc2cc(C(=O)Nc3ccc(Cl)cc3Cl)c(=N)oc12. The highest BCUT2D eigenvalue weighted by molar-refractivity contribution is 6.36. The molecule has 128 valence electrons. The monoisotopic (exact) mass is 376 g/mol. The highest BCUT2D eigenvalue weighted by Gasteiger charge is 2.15. The molecular weight excluding hydrogens is 363 g/mol. The van der Waals surface area contributed by atoms with Gasteiger partial charge in [-0.15, -0.1) is 0 Å². The Morgan fingerprint density at radius 3 is 2.76 bits per heavy atom. The first kappa shape index (κ1) is 17.3. The smallest absolute Gasteiger partial charge is 0.261 e. The molecule has 5 nitrogen and oxygen atoms in total. The Bertz CT molecular complexity index is 1010. The van der Waals surface area contributed by atoms with E-state index in [1.807, 2.05) is 6.92 Å². The lowest BCUT2D eigenvalue weighted by Crippen LogP contribution is -2.21. The number of benzene rings is 2. The number of ether oxygens (including phenoxy) is 1. The Morgan fingerprint density at radius 2 is 2.04 bits per heavy atom. The van der Waals surface area contributed by atoms with Crippen LogP contribution in [0, 0.1) is 5.41 Å². The van der Waals surface area contributed by atoms with Gasteiger partial charge < -0.3 is 14.5 Å². The van der Waals surface area contributed by atoms with Crippen LogP contribution >= 0.6 is 23.2 Å². The van der Waals surface area contributed by atoms with Crippen LogP contribution in [-0.4, -0.2) is 12.5 Å². The van der Waals surface area contributed by atoms with Crippen LogP contribution in [0.5, 0.6) is 5.75 Å². The number of nitrogens with one attached hydrogen (secondary N) is 2. The molecule has 1 amide bonds. The van der Waals surface area contributed by atoms with Gasteiger partial charge in [-0.05, 0) is 37.3 Å². The molecule has 1 heterocycles. The molecule has 0 radical (unpaired) electrons. The van der Waals surface area contributed by atoms with Gasteiger partial charge in [0.15, 0.2) is 11.3 Å². The molecule has 7 heteroatoms. The molecule has 0 saturated carbocycles. The summed E-state index contributed by atoms with van der Waals surface area (Å²) < 4.78 is 11.0. The minimum atomic E-state index is -0.498. The zero-order valence-electron chi connectivity index (χ0n) is 13.2. The fourth-order valence-corrected chi connectivity index (χ4v) is 2.81. The summed E-state index contributed by atoms with van der Waals surface area (Å²) in [6, 6.07) is 11.7. The Balaban J connectivity index is 1.99. The van der Waals surface area contributed by atoms with Crippen molar-refractivity contribution in [2.45, 2.75) is 6.92 Å². The number of carbonyl (C=O) groups excluding carboxylic acids is 1. The number of amides is 1. The first-order valence-corrected chi connectivity index (χ1v) is 8.26. The summed E-state index contributed by atoms with van der Waals surface area (Å²) in [6.45, 7) is 2.33. The number of hydrogen-bond acceptors (Lipinski definition) is 4. The number of anilines is 1. The van der Waals surface area contributed by atoms with E-state index in [0.29, 0.717) is 39.1 Å². The molecular formula is C18H14Cl2N2O3. The van der Waals surface area contributed by atoms with Crippen LogP contribution in [0.25, 0.3) is 11.0 Å². The third-order valence-corrected chi connectivity index (χ3v) is 4.03. The van der Waals surface area contributed by atoms with Gasteiger partial charge in [-0.2, -0.15) is 0 Å². The summed E-state index contributed by atoms with van der Waals surface area (Å²) in [4.78, 5) is 12.5. The van der Waals surface area contributed by atoms with Gasteiger partial charge in [0.05, 0.1) is 17.3 Å². The number of para-hydroxylation sites is 1. The minimum Gasteiger partial charge on any atom is -0.490 e. The van der Waals surface area contributed by atoms with E-state index in [4.69, 9.17) is 37.8 Å². The average Bonchev–Trinajstić information content (AvgIpc) is 2.57. The van der Waals surface area contributed by atoms with Gasteiger partial charge in [-0.3, -0.25) is 10.2 Å². The van der Waals surface area contributed by atoms with E-state index in [1.165, 1.54) is 6.07 Å². The van der Waals surface area contributed by atoms with Crippen LogP contribution in [0.3, 0.4) is 0 Å². The van der Waals surface area contributed by atoms with E-state index in [0.717, 1.165) is 0 Å². The van der Waals surface area contributed by atoms with Crippen LogP contribution in [-0.2, 0) is 0 Å². The molecule has 3 aromatic rings. The van der Waals surface area contributed by atoms with Crippen molar-refractivity contribution >= 4 is 45.8 Å². The quantitative estimate of drug-likeness (QED) is 0.681. The Hall–Kier alpha value is -2.50. The van der Waals surface area contributed by atoms with Crippen LogP contribution < -0.4 is 15.6 Å². The number of carbonyl (C=O) groups is 1. The number of rotatable bonds is 4. The molecule has 0 fully saturated rings. The summed E-state index contributed by atoms with van der Waals surface area (Å²) in [7, 11) is 0. The standard InChI is InChI=1S/C18H14Cl2N2O3/c1-2-24-15-5-3-4-10-8-12(17(21)25-16(10)15)18(23)22-14-7-6-11(19)9-13(14)20/h3-9,21H,2H2,1H3,(H,22,23). The number of hydrogen-bond donors (Lipinski definition) is 2. The van der Waals surface area contributed by atoms with Crippen molar-refractivity contribution < 1.29 is 13.9 Å². The van der Waals surface area contributed by atoms with E-state index >= 15 is 0 Å². The molecule has 1 aromatic heterocycles. The van der Waals surface area contributed by atoms with E-state index in [9.17, 15) is 4.79 Å². The van der Waals surface area contributed by atoms with Crippen molar-refractivity contribution in [1.82, 2.24) is 0 Å². The number of halogens is 2. The lowest BCUT2D eigenvalue weighted by molar-refractivity contribution is 0.102. The van der Waals surface area contributed by atoms with Crippen molar-refractivity contribution in [2.75, 3.05) is 11.9 Å². The predicted molar refractivity (Wildman–Crippen MR) is 97.7 cm³/mol. The van der Waals surface area contributed by atoms with Gasteiger partial charge >= 0.3 is 0 Å². The van der Waals surface area contributed by atoms with Gasteiger partial charge in [-0.1, -0.05) is 35.3 Å². The maximum atomic E-state index is 12.5. The summed E-state index contributed by atoms with van der Waals surface area (Å²) in [5, 5.41) is 12.1.